The molecule has 4 rings (SSSR count). The highest BCUT2D eigenvalue weighted by molar-refractivity contribution is 7.99. The van der Waals surface area contributed by atoms with Gasteiger partial charge in [0.15, 0.2) is 0 Å². The summed E-state index contributed by atoms with van der Waals surface area (Å²) >= 11 is 1.78. The van der Waals surface area contributed by atoms with Crippen molar-refractivity contribution in [1.29, 1.82) is 0 Å². The molecule has 158 valence electrons. The first-order valence-electron chi connectivity index (χ1n) is 10.7. The first-order valence-corrected chi connectivity index (χ1v) is 11.6. The van der Waals surface area contributed by atoms with Gasteiger partial charge in [0.2, 0.25) is 11.8 Å². The summed E-state index contributed by atoms with van der Waals surface area (Å²) in [5, 5.41) is 3.19. The molecule has 1 fully saturated rings. The molecule has 2 aromatic rings. The number of para-hydroxylation sites is 2. The molecule has 0 aliphatic carbocycles. The maximum Gasteiger partial charge on any atom is 0.225 e. The molecule has 0 atom stereocenters. The third-order valence-corrected chi connectivity index (χ3v) is 6.89. The van der Waals surface area contributed by atoms with Crippen LogP contribution in [0.15, 0.2) is 58.3 Å². The van der Waals surface area contributed by atoms with Gasteiger partial charge in [-0.25, -0.2) is 0 Å². The number of amides is 2. The Balaban J connectivity index is 1.34. The zero-order valence-corrected chi connectivity index (χ0v) is 18.5. The summed E-state index contributed by atoms with van der Waals surface area (Å²) in [6.07, 6.45) is 2.10. The van der Waals surface area contributed by atoms with Gasteiger partial charge in [-0.05, 0) is 37.1 Å². The predicted molar refractivity (Wildman–Crippen MR) is 121 cm³/mol. The van der Waals surface area contributed by atoms with Crippen molar-refractivity contribution in [1.82, 2.24) is 10.2 Å². The Bertz CT molecular complexity index is 877. The highest BCUT2D eigenvalue weighted by Crippen LogP contribution is 2.47. The minimum absolute atomic E-state index is 0.0320. The van der Waals surface area contributed by atoms with Crippen LogP contribution < -0.4 is 10.2 Å². The average Bonchev–Trinajstić information content (AvgIpc) is 2.76. The number of carbonyl (C=O) groups excluding carboxylic acids is 2. The molecule has 2 aliphatic rings. The van der Waals surface area contributed by atoms with E-state index in [-0.39, 0.29) is 23.8 Å². The minimum atomic E-state index is 0.0320. The highest BCUT2D eigenvalue weighted by atomic mass is 32.2. The minimum Gasteiger partial charge on any atom is -0.353 e. The van der Waals surface area contributed by atoms with Crippen LogP contribution in [0.2, 0.25) is 0 Å². The smallest absolute Gasteiger partial charge is 0.225 e. The molecule has 2 amide bonds. The van der Waals surface area contributed by atoms with Crippen molar-refractivity contribution < 1.29 is 9.59 Å². The Hall–Kier alpha value is -2.47. The lowest BCUT2D eigenvalue weighted by atomic mass is 10.0. The Morgan fingerprint density at radius 2 is 1.57 bits per heavy atom. The third kappa shape index (κ3) is 4.48. The van der Waals surface area contributed by atoms with E-state index in [2.05, 4.69) is 46.6 Å². The van der Waals surface area contributed by atoms with Gasteiger partial charge in [0.25, 0.3) is 0 Å². The second kappa shape index (κ2) is 9.13. The number of nitrogens with zero attached hydrogens (tertiary/aromatic N) is 2. The van der Waals surface area contributed by atoms with Gasteiger partial charge in [-0.3, -0.25) is 9.59 Å². The first kappa shape index (κ1) is 20.8. The number of hydrogen-bond donors (Lipinski definition) is 1. The van der Waals surface area contributed by atoms with Crippen molar-refractivity contribution in [2.45, 2.75) is 48.9 Å². The standard InChI is InChI=1S/C24H29N3O2S/c1-17(2)24(29)26-14-11-18(12-15-26)25-23(28)13-16-27-19-7-3-5-9-21(19)30-22-10-6-4-8-20(22)27/h3-10,17-18H,11-16H2,1-2H3,(H,25,28). The number of anilines is 2. The Kier molecular flexibility index (Phi) is 6.32. The molecule has 1 saturated heterocycles. The van der Waals surface area contributed by atoms with Gasteiger partial charge in [-0.2, -0.15) is 0 Å². The van der Waals surface area contributed by atoms with Crippen molar-refractivity contribution in [2.75, 3.05) is 24.5 Å². The molecule has 2 aromatic carbocycles. The predicted octanol–water partition coefficient (Wildman–Crippen LogP) is 4.44. The zero-order chi connectivity index (χ0) is 21.1. The molecule has 2 aliphatic heterocycles. The lowest BCUT2D eigenvalue weighted by molar-refractivity contribution is -0.135. The van der Waals surface area contributed by atoms with Gasteiger partial charge in [0.05, 0.1) is 11.4 Å². The maximum absolute atomic E-state index is 12.7. The summed E-state index contributed by atoms with van der Waals surface area (Å²) in [6.45, 7) is 5.97. The number of benzene rings is 2. The number of piperidine rings is 1. The summed E-state index contributed by atoms with van der Waals surface area (Å²) < 4.78 is 0. The summed E-state index contributed by atoms with van der Waals surface area (Å²) in [7, 11) is 0. The van der Waals surface area contributed by atoms with Crippen LogP contribution in [0.25, 0.3) is 0 Å². The van der Waals surface area contributed by atoms with E-state index in [4.69, 9.17) is 0 Å². The van der Waals surface area contributed by atoms with Crippen molar-refractivity contribution in [3.05, 3.63) is 48.5 Å². The Labute approximate surface area is 182 Å². The highest BCUT2D eigenvalue weighted by Gasteiger charge is 2.26. The van der Waals surface area contributed by atoms with Crippen LogP contribution in [0, 0.1) is 5.92 Å². The Morgan fingerprint density at radius 1 is 1.00 bits per heavy atom. The van der Waals surface area contributed by atoms with Crippen molar-refractivity contribution in [2.24, 2.45) is 5.92 Å². The molecule has 0 saturated carbocycles. The summed E-state index contributed by atoms with van der Waals surface area (Å²) in [5.41, 5.74) is 2.32. The van der Waals surface area contributed by atoms with Crippen LogP contribution in [0.5, 0.6) is 0 Å². The fraction of sp³-hybridized carbons (Fsp3) is 0.417. The van der Waals surface area contributed by atoms with Gasteiger partial charge < -0.3 is 15.1 Å². The molecule has 0 aromatic heterocycles. The van der Waals surface area contributed by atoms with Crippen molar-refractivity contribution >= 4 is 35.0 Å². The molecule has 0 unspecified atom stereocenters. The molecule has 2 heterocycles. The van der Waals surface area contributed by atoms with E-state index in [9.17, 15) is 9.59 Å². The third-order valence-electron chi connectivity index (χ3n) is 5.76. The van der Waals surface area contributed by atoms with Crippen LogP contribution in [0.4, 0.5) is 11.4 Å². The van der Waals surface area contributed by atoms with Gasteiger partial charge in [-0.15, -0.1) is 0 Å². The maximum atomic E-state index is 12.7. The Morgan fingerprint density at radius 3 is 2.13 bits per heavy atom. The number of nitrogens with one attached hydrogen (secondary N) is 1. The largest absolute Gasteiger partial charge is 0.353 e. The first-order chi connectivity index (χ1) is 14.5. The lowest BCUT2D eigenvalue weighted by Crippen LogP contribution is -2.47. The van der Waals surface area contributed by atoms with E-state index in [1.165, 1.54) is 9.79 Å². The molecule has 1 N–H and O–H groups in total. The second-order valence-electron chi connectivity index (χ2n) is 8.26. The zero-order valence-electron chi connectivity index (χ0n) is 17.6. The number of carbonyl (C=O) groups is 2. The number of rotatable bonds is 5. The average molecular weight is 424 g/mol. The number of likely N-dealkylation sites (tertiary alicyclic amines) is 1. The number of fused-ring (bicyclic) bond motifs is 2. The molecule has 6 heteroatoms. The van der Waals surface area contributed by atoms with Crippen LogP contribution in [-0.2, 0) is 9.59 Å². The lowest BCUT2D eigenvalue weighted by Gasteiger charge is -2.34. The molecular weight excluding hydrogens is 394 g/mol. The molecule has 0 radical (unpaired) electrons. The second-order valence-corrected chi connectivity index (χ2v) is 9.34. The van der Waals surface area contributed by atoms with E-state index in [1.54, 1.807) is 11.8 Å². The van der Waals surface area contributed by atoms with E-state index in [0.29, 0.717) is 13.0 Å². The van der Waals surface area contributed by atoms with Crippen molar-refractivity contribution in [3.63, 3.8) is 0 Å². The van der Waals surface area contributed by atoms with Gasteiger partial charge >= 0.3 is 0 Å². The topological polar surface area (TPSA) is 52.7 Å². The van der Waals surface area contributed by atoms with Gasteiger partial charge in [0, 0.05) is 47.8 Å². The summed E-state index contributed by atoms with van der Waals surface area (Å²) in [4.78, 5) is 31.4. The van der Waals surface area contributed by atoms with E-state index in [1.807, 2.05) is 30.9 Å². The van der Waals surface area contributed by atoms with Gasteiger partial charge in [-0.1, -0.05) is 49.9 Å². The molecule has 30 heavy (non-hydrogen) atoms. The fourth-order valence-electron chi connectivity index (χ4n) is 4.14. The molecule has 5 nitrogen and oxygen atoms in total. The quantitative estimate of drug-likeness (QED) is 0.772. The van der Waals surface area contributed by atoms with Crippen LogP contribution in [0.1, 0.15) is 33.1 Å². The molecule has 0 bridgehead atoms. The van der Waals surface area contributed by atoms with Gasteiger partial charge in [0.1, 0.15) is 0 Å². The molecule has 0 spiro atoms. The summed E-state index contributed by atoms with van der Waals surface area (Å²) in [5.74, 6) is 0.321. The van der Waals surface area contributed by atoms with Crippen molar-refractivity contribution in [3.8, 4) is 0 Å². The van der Waals surface area contributed by atoms with Crippen LogP contribution in [0.3, 0.4) is 0 Å². The van der Waals surface area contributed by atoms with Crippen LogP contribution >= 0.6 is 11.8 Å². The normalized spacial score (nSPS) is 16.2. The SMILES string of the molecule is CC(C)C(=O)N1CCC(NC(=O)CCN2c3ccccc3Sc3ccccc32)CC1. The van der Waals surface area contributed by atoms with E-state index >= 15 is 0 Å². The molecular formula is C24H29N3O2S. The fourth-order valence-corrected chi connectivity index (χ4v) is 5.24. The van der Waals surface area contributed by atoms with E-state index < -0.39 is 0 Å². The van der Waals surface area contributed by atoms with Crippen LogP contribution in [-0.4, -0.2) is 42.4 Å². The monoisotopic (exact) mass is 423 g/mol. The van der Waals surface area contributed by atoms with E-state index in [0.717, 1.165) is 37.3 Å². The summed E-state index contributed by atoms with van der Waals surface area (Å²) in [6, 6.07) is 16.9. The number of hydrogen-bond acceptors (Lipinski definition) is 4.